The van der Waals surface area contributed by atoms with Crippen molar-refractivity contribution in [3.63, 3.8) is 0 Å². The minimum Gasteiger partial charge on any atom is -0.482 e. The number of rotatable bonds is 4. The predicted molar refractivity (Wildman–Crippen MR) is 92.2 cm³/mol. The van der Waals surface area contributed by atoms with Crippen LogP contribution in [0.15, 0.2) is 34.7 Å². The molecule has 2 atom stereocenters. The first-order chi connectivity index (χ1) is 12.4. The number of carbonyl (C=O) groups excluding carboxylic acids is 2. The highest BCUT2D eigenvalue weighted by molar-refractivity contribution is 5.90. The van der Waals surface area contributed by atoms with E-state index in [2.05, 4.69) is 0 Å². The fourth-order valence-corrected chi connectivity index (χ4v) is 2.85. The average Bonchev–Trinajstić information content (AvgIpc) is 2.99. The van der Waals surface area contributed by atoms with Crippen LogP contribution in [0, 0.1) is 6.92 Å². The summed E-state index contributed by atoms with van der Waals surface area (Å²) in [4.78, 5) is 26.0. The molecule has 2 aromatic rings. The van der Waals surface area contributed by atoms with Gasteiger partial charge < -0.3 is 23.5 Å². The van der Waals surface area contributed by atoms with Crippen LogP contribution in [0.2, 0.25) is 0 Å². The van der Waals surface area contributed by atoms with Crippen molar-refractivity contribution in [2.24, 2.45) is 0 Å². The lowest BCUT2D eigenvalue weighted by atomic mass is 10.1. The molecule has 0 unspecified atom stereocenters. The van der Waals surface area contributed by atoms with E-state index in [1.807, 2.05) is 12.1 Å². The molecular formula is C19H21NO6. The lowest BCUT2D eigenvalue weighted by Gasteiger charge is -2.33. The van der Waals surface area contributed by atoms with E-state index >= 15 is 0 Å². The fourth-order valence-electron chi connectivity index (χ4n) is 2.85. The molecule has 0 radical (unpaired) electrons. The number of aryl methyl sites for hydroxylation is 1. The third kappa shape index (κ3) is 3.37. The molecule has 0 bridgehead atoms. The van der Waals surface area contributed by atoms with Crippen molar-refractivity contribution in [1.82, 2.24) is 4.90 Å². The molecule has 2 heterocycles. The molecule has 0 saturated heterocycles. The molecular weight excluding hydrogens is 338 g/mol. The first-order valence-corrected chi connectivity index (χ1v) is 8.25. The van der Waals surface area contributed by atoms with Crippen LogP contribution in [0.1, 0.15) is 28.8 Å². The molecule has 1 aliphatic heterocycles. The number of benzene rings is 1. The molecule has 138 valence electrons. The van der Waals surface area contributed by atoms with Crippen LogP contribution in [-0.4, -0.2) is 43.1 Å². The second-order valence-electron chi connectivity index (χ2n) is 6.18. The number of nitrogens with zero attached hydrogens (tertiary/aromatic N) is 1. The number of hydrogen-bond donors (Lipinski definition) is 0. The predicted octanol–water partition coefficient (Wildman–Crippen LogP) is 2.56. The van der Waals surface area contributed by atoms with Crippen molar-refractivity contribution >= 4 is 11.9 Å². The molecule has 7 heteroatoms. The van der Waals surface area contributed by atoms with E-state index < -0.39 is 18.2 Å². The lowest BCUT2D eigenvalue weighted by Crippen LogP contribution is -2.49. The molecule has 1 aromatic heterocycles. The Balaban J connectivity index is 1.71. The first kappa shape index (κ1) is 17.8. The SMILES string of the molecule is COC(=O)c1cc(CN(C)C(=O)[C@H]2Oc3ccccc3O[C@H]2C)oc1C. The van der Waals surface area contributed by atoms with Gasteiger partial charge in [-0.2, -0.15) is 0 Å². The lowest BCUT2D eigenvalue weighted by molar-refractivity contribution is -0.143. The third-order valence-electron chi connectivity index (χ3n) is 4.23. The third-order valence-corrected chi connectivity index (χ3v) is 4.23. The minimum absolute atomic E-state index is 0.199. The fraction of sp³-hybridized carbons (Fsp3) is 0.368. The quantitative estimate of drug-likeness (QED) is 0.781. The topological polar surface area (TPSA) is 78.2 Å². The monoisotopic (exact) mass is 359 g/mol. The van der Waals surface area contributed by atoms with Crippen molar-refractivity contribution in [2.75, 3.05) is 14.2 Å². The number of fused-ring (bicyclic) bond motifs is 1. The van der Waals surface area contributed by atoms with E-state index in [1.165, 1.54) is 12.0 Å². The standard InChI is InChI=1S/C19H21NO6/c1-11-14(19(22)23-4)9-13(24-11)10-20(3)18(21)17-12(2)25-15-7-5-6-8-16(15)26-17/h5-9,12,17H,10H2,1-4H3/t12-,17-/m0/s1. The Morgan fingerprint density at radius 1 is 1.19 bits per heavy atom. The van der Waals surface area contributed by atoms with E-state index in [-0.39, 0.29) is 12.5 Å². The first-order valence-electron chi connectivity index (χ1n) is 8.25. The molecule has 3 rings (SSSR count). The summed E-state index contributed by atoms with van der Waals surface area (Å²) in [7, 11) is 2.96. The van der Waals surface area contributed by atoms with Gasteiger partial charge in [0.2, 0.25) is 6.10 Å². The summed E-state index contributed by atoms with van der Waals surface area (Å²) in [5.74, 6) is 1.40. The molecule has 0 fully saturated rings. The molecule has 0 saturated carbocycles. The molecule has 0 N–H and O–H groups in total. The van der Waals surface area contributed by atoms with E-state index in [0.717, 1.165) is 0 Å². The summed E-state index contributed by atoms with van der Waals surface area (Å²) < 4.78 is 21.9. The van der Waals surface area contributed by atoms with Crippen LogP contribution in [0.5, 0.6) is 11.5 Å². The number of para-hydroxylation sites is 2. The Kier molecular flexibility index (Phi) is 4.88. The summed E-state index contributed by atoms with van der Waals surface area (Å²) in [6.07, 6.45) is -1.19. The van der Waals surface area contributed by atoms with Gasteiger partial charge in [0.15, 0.2) is 11.5 Å². The van der Waals surface area contributed by atoms with Gasteiger partial charge in [-0.1, -0.05) is 12.1 Å². The number of amides is 1. The summed E-state index contributed by atoms with van der Waals surface area (Å²) in [5, 5.41) is 0. The maximum Gasteiger partial charge on any atom is 0.341 e. The van der Waals surface area contributed by atoms with Crippen molar-refractivity contribution < 1.29 is 28.2 Å². The molecule has 7 nitrogen and oxygen atoms in total. The van der Waals surface area contributed by atoms with Crippen LogP contribution in [0.3, 0.4) is 0 Å². The van der Waals surface area contributed by atoms with Crippen molar-refractivity contribution in [2.45, 2.75) is 32.6 Å². The van der Waals surface area contributed by atoms with Crippen LogP contribution in [0.4, 0.5) is 0 Å². The van der Waals surface area contributed by atoms with Gasteiger partial charge in [0.25, 0.3) is 5.91 Å². The Bertz CT molecular complexity index is 827. The Morgan fingerprint density at radius 3 is 2.50 bits per heavy atom. The van der Waals surface area contributed by atoms with Gasteiger partial charge >= 0.3 is 5.97 Å². The summed E-state index contributed by atoms with van der Waals surface area (Å²) in [6, 6.07) is 8.82. The number of carbonyl (C=O) groups is 2. The Labute approximate surface area is 151 Å². The maximum absolute atomic E-state index is 12.8. The number of ether oxygens (including phenoxy) is 3. The number of likely N-dealkylation sites (N-methyl/N-ethyl adjacent to an activating group) is 1. The summed E-state index contributed by atoms with van der Waals surface area (Å²) >= 11 is 0. The Hall–Kier alpha value is -2.96. The van der Waals surface area contributed by atoms with Crippen molar-refractivity contribution in [3.05, 3.63) is 47.4 Å². The van der Waals surface area contributed by atoms with Crippen LogP contribution >= 0.6 is 0 Å². The van der Waals surface area contributed by atoms with E-state index in [0.29, 0.717) is 28.6 Å². The van der Waals surface area contributed by atoms with Crippen molar-refractivity contribution in [3.8, 4) is 11.5 Å². The smallest absolute Gasteiger partial charge is 0.341 e. The van der Waals surface area contributed by atoms with Crippen LogP contribution in [-0.2, 0) is 16.1 Å². The highest BCUT2D eigenvalue weighted by atomic mass is 16.6. The highest BCUT2D eigenvalue weighted by Crippen LogP contribution is 2.34. The summed E-state index contributed by atoms with van der Waals surface area (Å²) in [6.45, 7) is 3.66. The average molecular weight is 359 g/mol. The molecule has 1 amide bonds. The van der Waals surface area contributed by atoms with Gasteiger partial charge in [0, 0.05) is 7.05 Å². The normalized spacial score (nSPS) is 18.3. The molecule has 1 aromatic carbocycles. The zero-order chi connectivity index (χ0) is 18.8. The Morgan fingerprint density at radius 2 is 1.85 bits per heavy atom. The molecule has 0 spiro atoms. The van der Waals surface area contributed by atoms with Gasteiger partial charge in [-0.15, -0.1) is 0 Å². The van der Waals surface area contributed by atoms with E-state index in [4.69, 9.17) is 18.6 Å². The largest absolute Gasteiger partial charge is 0.482 e. The van der Waals surface area contributed by atoms with Gasteiger partial charge in [-0.25, -0.2) is 4.79 Å². The number of furan rings is 1. The molecule has 26 heavy (non-hydrogen) atoms. The van der Waals surface area contributed by atoms with E-state index in [1.54, 1.807) is 39.1 Å². The van der Waals surface area contributed by atoms with Gasteiger partial charge in [-0.3, -0.25) is 4.79 Å². The molecule has 1 aliphatic rings. The number of methoxy groups -OCH3 is 1. The van der Waals surface area contributed by atoms with Gasteiger partial charge in [0.05, 0.1) is 13.7 Å². The number of hydrogen-bond acceptors (Lipinski definition) is 6. The van der Waals surface area contributed by atoms with Crippen molar-refractivity contribution in [1.29, 1.82) is 0 Å². The van der Waals surface area contributed by atoms with Crippen LogP contribution in [0.25, 0.3) is 0 Å². The highest BCUT2D eigenvalue weighted by Gasteiger charge is 2.36. The minimum atomic E-state index is -0.758. The molecule has 0 aliphatic carbocycles. The number of esters is 1. The van der Waals surface area contributed by atoms with Crippen LogP contribution < -0.4 is 9.47 Å². The second kappa shape index (κ2) is 7.11. The zero-order valence-corrected chi connectivity index (χ0v) is 15.1. The van der Waals surface area contributed by atoms with E-state index in [9.17, 15) is 9.59 Å². The maximum atomic E-state index is 12.8. The summed E-state index contributed by atoms with van der Waals surface area (Å²) in [5.41, 5.74) is 0.350. The zero-order valence-electron chi connectivity index (χ0n) is 15.1. The van der Waals surface area contributed by atoms with Gasteiger partial charge in [0.1, 0.15) is 23.2 Å². The second-order valence-corrected chi connectivity index (χ2v) is 6.18. The van der Waals surface area contributed by atoms with Gasteiger partial charge in [-0.05, 0) is 32.0 Å².